The van der Waals surface area contributed by atoms with E-state index in [1.54, 1.807) is 24.3 Å². The second-order valence-corrected chi connectivity index (χ2v) is 7.16. The second kappa shape index (κ2) is 7.18. The van der Waals surface area contributed by atoms with Crippen LogP contribution in [0, 0.1) is 5.82 Å². The molecule has 0 saturated carbocycles. The van der Waals surface area contributed by atoms with Crippen molar-refractivity contribution in [2.75, 3.05) is 6.73 Å². The maximum atomic E-state index is 13.1. The number of fused-ring (bicyclic) bond motifs is 3. The number of Topliss-reactive ketones (excluding diaryl/α,β-unsaturated/α-hetero) is 1. The lowest BCUT2D eigenvalue weighted by Gasteiger charge is -2.29. The topological polar surface area (TPSA) is 38.8 Å². The van der Waals surface area contributed by atoms with E-state index in [1.165, 1.54) is 12.1 Å². The van der Waals surface area contributed by atoms with Crippen LogP contribution >= 0.6 is 0 Å². The predicted molar refractivity (Wildman–Crippen MR) is 107 cm³/mol. The van der Waals surface area contributed by atoms with Crippen molar-refractivity contribution in [1.82, 2.24) is 4.90 Å². The molecular formula is C24H18FNO3. The highest BCUT2D eigenvalue weighted by molar-refractivity contribution is 6.15. The van der Waals surface area contributed by atoms with Crippen molar-refractivity contribution in [2.45, 2.75) is 13.1 Å². The molecule has 2 aliphatic rings. The van der Waals surface area contributed by atoms with E-state index in [-0.39, 0.29) is 11.6 Å². The van der Waals surface area contributed by atoms with E-state index in [0.29, 0.717) is 36.9 Å². The molecule has 0 N–H and O–H groups in total. The van der Waals surface area contributed by atoms with Crippen LogP contribution in [0.25, 0.3) is 6.08 Å². The van der Waals surface area contributed by atoms with Crippen LogP contribution in [0.15, 0.2) is 72.5 Å². The summed E-state index contributed by atoms with van der Waals surface area (Å²) < 4.78 is 25.0. The summed E-state index contributed by atoms with van der Waals surface area (Å²) in [7, 11) is 0. The molecule has 0 spiro atoms. The molecule has 5 rings (SSSR count). The van der Waals surface area contributed by atoms with Crippen LogP contribution in [-0.2, 0) is 13.1 Å². The minimum atomic E-state index is -0.253. The number of ether oxygens (including phenoxy) is 2. The van der Waals surface area contributed by atoms with Gasteiger partial charge in [-0.3, -0.25) is 9.69 Å². The Morgan fingerprint density at radius 3 is 2.59 bits per heavy atom. The quantitative estimate of drug-likeness (QED) is 0.606. The number of ketones is 1. The molecule has 3 aromatic carbocycles. The molecule has 0 aromatic heterocycles. The largest absolute Gasteiger partial charge is 0.478 e. The molecule has 3 aromatic rings. The van der Waals surface area contributed by atoms with E-state index in [4.69, 9.17) is 9.47 Å². The number of allylic oxidation sites excluding steroid dienone is 1. The number of rotatable bonds is 3. The first kappa shape index (κ1) is 17.6. The number of carbonyl (C=O) groups is 1. The zero-order valence-electron chi connectivity index (χ0n) is 15.6. The van der Waals surface area contributed by atoms with Gasteiger partial charge in [-0.2, -0.15) is 0 Å². The Kier molecular flexibility index (Phi) is 4.37. The molecule has 0 radical (unpaired) electrons. The summed E-state index contributed by atoms with van der Waals surface area (Å²) in [5, 5.41) is 0. The molecule has 144 valence electrons. The van der Waals surface area contributed by atoms with Gasteiger partial charge in [0.25, 0.3) is 0 Å². The number of halogens is 1. The van der Waals surface area contributed by atoms with Crippen LogP contribution in [0.1, 0.15) is 27.0 Å². The summed E-state index contributed by atoms with van der Waals surface area (Å²) >= 11 is 0. The zero-order chi connectivity index (χ0) is 19.8. The van der Waals surface area contributed by atoms with Gasteiger partial charge in [0.1, 0.15) is 24.0 Å². The number of nitrogens with zero attached hydrogens (tertiary/aromatic N) is 1. The van der Waals surface area contributed by atoms with Crippen molar-refractivity contribution < 1.29 is 18.7 Å². The molecule has 2 heterocycles. The lowest BCUT2D eigenvalue weighted by atomic mass is 10.0. The fraction of sp³-hybridized carbons (Fsp3) is 0.125. The first-order valence-electron chi connectivity index (χ1n) is 9.42. The summed E-state index contributed by atoms with van der Waals surface area (Å²) in [6.07, 6.45) is 1.76. The highest BCUT2D eigenvalue weighted by Gasteiger charge is 2.33. The van der Waals surface area contributed by atoms with Gasteiger partial charge in [-0.1, -0.05) is 42.5 Å². The average Bonchev–Trinajstić information content (AvgIpc) is 3.06. The van der Waals surface area contributed by atoms with Crippen LogP contribution < -0.4 is 9.47 Å². The maximum absolute atomic E-state index is 13.1. The predicted octanol–water partition coefficient (Wildman–Crippen LogP) is 4.79. The van der Waals surface area contributed by atoms with Gasteiger partial charge in [-0.25, -0.2) is 4.39 Å². The third-order valence-electron chi connectivity index (χ3n) is 5.10. The van der Waals surface area contributed by atoms with Crippen LogP contribution in [0.2, 0.25) is 0 Å². The first-order valence-corrected chi connectivity index (χ1v) is 9.42. The summed E-state index contributed by atoms with van der Waals surface area (Å²) in [6, 6.07) is 19.6. The Hall–Kier alpha value is -3.44. The third kappa shape index (κ3) is 3.41. The highest BCUT2D eigenvalue weighted by atomic mass is 19.1. The molecular weight excluding hydrogens is 369 g/mol. The van der Waals surface area contributed by atoms with E-state index in [2.05, 4.69) is 4.90 Å². The van der Waals surface area contributed by atoms with Crippen molar-refractivity contribution in [1.29, 1.82) is 0 Å². The Balaban J connectivity index is 1.42. The van der Waals surface area contributed by atoms with E-state index < -0.39 is 0 Å². The standard InChI is InChI=1S/C24H18FNO3/c25-18-8-6-17(7-9-18)13-26-14-20-21(28-15-26)11-10-19-23(27)22(29-24(19)20)12-16-4-2-1-3-5-16/h1-12H,13-15H2/b22-12-. The van der Waals surface area contributed by atoms with Gasteiger partial charge in [0.05, 0.1) is 11.1 Å². The van der Waals surface area contributed by atoms with Crippen molar-refractivity contribution in [3.05, 3.63) is 101 Å². The van der Waals surface area contributed by atoms with Gasteiger partial charge in [0, 0.05) is 13.1 Å². The molecule has 0 bridgehead atoms. The molecule has 0 unspecified atom stereocenters. The van der Waals surface area contributed by atoms with Gasteiger partial charge in [-0.15, -0.1) is 0 Å². The minimum Gasteiger partial charge on any atom is -0.478 e. The Labute approximate surface area is 167 Å². The van der Waals surface area contributed by atoms with Crippen molar-refractivity contribution in [3.63, 3.8) is 0 Å². The van der Waals surface area contributed by atoms with Crippen LogP contribution in [0.5, 0.6) is 11.5 Å². The monoisotopic (exact) mass is 387 g/mol. The number of hydrogen-bond donors (Lipinski definition) is 0. The Morgan fingerprint density at radius 2 is 1.79 bits per heavy atom. The molecule has 5 heteroatoms. The lowest BCUT2D eigenvalue weighted by Crippen LogP contribution is -2.31. The third-order valence-corrected chi connectivity index (χ3v) is 5.10. The van der Waals surface area contributed by atoms with E-state index in [9.17, 15) is 9.18 Å². The fourth-order valence-electron chi connectivity index (χ4n) is 3.65. The summed E-state index contributed by atoms with van der Waals surface area (Å²) in [5.74, 6) is 1.24. The van der Waals surface area contributed by atoms with Gasteiger partial charge in [0.2, 0.25) is 5.78 Å². The normalized spacial score (nSPS) is 16.9. The average molecular weight is 387 g/mol. The molecule has 2 aliphatic heterocycles. The molecule has 0 saturated heterocycles. The van der Waals surface area contributed by atoms with Crippen LogP contribution in [0.3, 0.4) is 0 Å². The first-order chi connectivity index (χ1) is 14.2. The molecule has 4 nitrogen and oxygen atoms in total. The summed E-state index contributed by atoms with van der Waals surface area (Å²) in [4.78, 5) is 14.9. The number of benzene rings is 3. The summed E-state index contributed by atoms with van der Waals surface area (Å²) in [6.45, 7) is 1.62. The SMILES string of the molecule is O=C1/C(=C/c2ccccc2)Oc2c1ccc1c2CN(Cc2ccc(F)cc2)CO1. The molecule has 29 heavy (non-hydrogen) atoms. The van der Waals surface area contributed by atoms with Gasteiger partial charge in [-0.05, 0) is 41.5 Å². The van der Waals surface area contributed by atoms with Gasteiger partial charge in [0.15, 0.2) is 5.76 Å². The Morgan fingerprint density at radius 1 is 1.00 bits per heavy atom. The second-order valence-electron chi connectivity index (χ2n) is 7.16. The molecule has 0 fully saturated rings. The van der Waals surface area contributed by atoms with Crippen LogP contribution in [-0.4, -0.2) is 17.4 Å². The summed E-state index contributed by atoms with van der Waals surface area (Å²) in [5.41, 5.74) is 3.32. The Bertz CT molecular complexity index is 1110. The van der Waals surface area contributed by atoms with Gasteiger partial charge >= 0.3 is 0 Å². The highest BCUT2D eigenvalue weighted by Crippen LogP contribution is 2.42. The van der Waals surface area contributed by atoms with Crippen molar-refractivity contribution in [3.8, 4) is 11.5 Å². The van der Waals surface area contributed by atoms with E-state index >= 15 is 0 Å². The molecule has 0 atom stereocenters. The lowest BCUT2D eigenvalue weighted by molar-refractivity contribution is 0.0872. The maximum Gasteiger partial charge on any atom is 0.231 e. The number of carbonyl (C=O) groups excluding carboxylic acids is 1. The van der Waals surface area contributed by atoms with Gasteiger partial charge < -0.3 is 9.47 Å². The molecule has 0 aliphatic carbocycles. The van der Waals surface area contributed by atoms with Crippen molar-refractivity contribution in [2.24, 2.45) is 0 Å². The smallest absolute Gasteiger partial charge is 0.231 e. The number of hydrogen-bond acceptors (Lipinski definition) is 4. The fourth-order valence-corrected chi connectivity index (χ4v) is 3.65. The van der Waals surface area contributed by atoms with E-state index in [0.717, 1.165) is 22.4 Å². The van der Waals surface area contributed by atoms with Crippen molar-refractivity contribution >= 4 is 11.9 Å². The zero-order valence-corrected chi connectivity index (χ0v) is 15.6. The van der Waals surface area contributed by atoms with Crippen LogP contribution in [0.4, 0.5) is 4.39 Å². The molecule has 0 amide bonds. The minimum absolute atomic E-state index is 0.123. The van der Waals surface area contributed by atoms with E-state index in [1.807, 2.05) is 36.4 Å².